The van der Waals surface area contributed by atoms with Crippen LogP contribution in [0.3, 0.4) is 0 Å². The first-order chi connectivity index (χ1) is 12.8. The monoisotopic (exact) mass is 513 g/mol. The lowest BCUT2D eigenvalue weighted by atomic mass is 10.0. The second-order valence-electron chi connectivity index (χ2n) is 5.81. The van der Waals surface area contributed by atoms with Gasteiger partial charge in [0.25, 0.3) is 0 Å². The Morgan fingerprint density at radius 2 is 1.50 bits per heavy atom. The van der Waals surface area contributed by atoms with Gasteiger partial charge >= 0.3 is 12.4 Å². The van der Waals surface area contributed by atoms with Gasteiger partial charge in [0.15, 0.2) is 0 Å². The van der Waals surface area contributed by atoms with Crippen molar-refractivity contribution in [3.05, 3.63) is 74.4 Å². The number of benzene rings is 2. The summed E-state index contributed by atoms with van der Waals surface area (Å²) in [5.41, 5.74) is -2.00. The summed E-state index contributed by atoms with van der Waals surface area (Å²) < 4.78 is 84.5. The lowest BCUT2D eigenvalue weighted by molar-refractivity contribution is -0.143. The van der Waals surface area contributed by atoms with Crippen LogP contribution in [0.5, 0.6) is 0 Å². The molecule has 28 heavy (non-hydrogen) atoms. The van der Waals surface area contributed by atoms with Gasteiger partial charge in [-0.3, -0.25) is 4.99 Å². The molecule has 0 aliphatic heterocycles. The standard InChI is InChI=1S/C19H14F6INO/c1-10-4-5-15(26)9-16(10)17(27-3)28-11(2)12-6-13(18(20,21)22)8-14(7-12)19(23,24)25/h4-9H,2H2,1,3H3. The van der Waals surface area contributed by atoms with Crippen molar-refractivity contribution in [1.29, 1.82) is 0 Å². The van der Waals surface area contributed by atoms with E-state index in [0.717, 1.165) is 9.13 Å². The largest absolute Gasteiger partial charge is 0.439 e. The van der Waals surface area contributed by atoms with E-state index in [9.17, 15) is 26.3 Å². The van der Waals surface area contributed by atoms with Gasteiger partial charge in [0.05, 0.1) is 11.1 Å². The van der Waals surface area contributed by atoms with E-state index >= 15 is 0 Å². The highest BCUT2D eigenvalue weighted by Crippen LogP contribution is 2.37. The Morgan fingerprint density at radius 1 is 0.964 bits per heavy atom. The van der Waals surface area contributed by atoms with E-state index in [1.165, 1.54) is 7.05 Å². The highest BCUT2D eigenvalue weighted by molar-refractivity contribution is 14.1. The number of alkyl halides is 6. The zero-order valence-electron chi connectivity index (χ0n) is 14.7. The minimum absolute atomic E-state index is 0.0342. The summed E-state index contributed by atoms with van der Waals surface area (Å²) in [7, 11) is 1.40. The minimum atomic E-state index is -4.95. The van der Waals surface area contributed by atoms with Gasteiger partial charge in [0.1, 0.15) is 5.76 Å². The van der Waals surface area contributed by atoms with Crippen molar-refractivity contribution < 1.29 is 31.1 Å². The first-order valence-electron chi connectivity index (χ1n) is 7.73. The van der Waals surface area contributed by atoms with Crippen LogP contribution in [-0.4, -0.2) is 12.9 Å². The fraction of sp³-hybridized carbons (Fsp3) is 0.211. The topological polar surface area (TPSA) is 21.6 Å². The summed E-state index contributed by atoms with van der Waals surface area (Å²) in [6.07, 6.45) is -9.91. The van der Waals surface area contributed by atoms with Crippen molar-refractivity contribution in [2.45, 2.75) is 19.3 Å². The molecule has 0 saturated carbocycles. The van der Waals surface area contributed by atoms with Gasteiger partial charge in [-0.15, -0.1) is 0 Å². The molecule has 150 valence electrons. The third-order valence-electron chi connectivity index (χ3n) is 3.76. The van der Waals surface area contributed by atoms with Crippen molar-refractivity contribution >= 4 is 34.2 Å². The van der Waals surface area contributed by atoms with Gasteiger partial charge in [-0.25, -0.2) is 0 Å². The normalized spacial score (nSPS) is 12.8. The number of ether oxygens (including phenoxy) is 1. The second-order valence-corrected chi connectivity index (χ2v) is 7.05. The molecule has 0 radical (unpaired) electrons. The number of hydrogen-bond acceptors (Lipinski definition) is 2. The van der Waals surface area contributed by atoms with E-state index in [0.29, 0.717) is 17.7 Å². The minimum Gasteiger partial charge on any atom is -0.439 e. The number of hydrogen-bond donors (Lipinski definition) is 0. The summed E-state index contributed by atoms with van der Waals surface area (Å²) in [4.78, 5) is 3.95. The van der Waals surface area contributed by atoms with Crippen LogP contribution in [0.15, 0.2) is 48.0 Å². The number of nitrogens with zero attached hydrogens (tertiary/aromatic N) is 1. The van der Waals surface area contributed by atoms with Crippen LogP contribution in [0, 0.1) is 10.5 Å². The van der Waals surface area contributed by atoms with Crippen molar-refractivity contribution in [1.82, 2.24) is 0 Å². The summed E-state index contributed by atoms with van der Waals surface area (Å²) in [6, 6.07) is 6.54. The number of rotatable bonds is 3. The molecular formula is C19H14F6INO. The lowest BCUT2D eigenvalue weighted by Gasteiger charge is -2.17. The fourth-order valence-corrected chi connectivity index (χ4v) is 2.83. The molecule has 0 saturated heterocycles. The van der Waals surface area contributed by atoms with E-state index in [4.69, 9.17) is 4.74 Å². The smallest absolute Gasteiger partial charge is 0.416 e. The summed E-state index contributed by atoms with van der Waals surface area (Å²) in [6.45, 7) is 5.27. The predicted octanol–water partition coefficient (Wildman–Crippen LogP) is 6.70. The van der Waals surface area contributed by atoms with Crippen molar-refractivity contribution in [2.24, 2.45) is 4.99 Å². The van der Waals surface area contributed by atoms with Crippen LogP contribution in [0.1, 0.15) is 27.8 Å². The molecule has 0 amide bonds. The van der Waals surface area contributed by atoms with E-state index < -0.39 is 29.0 Å². The predicted molar refractivity (Wildman–Crippen MR) is 103 cm³/mol. The molecule has 0 atom stereocenters. The SMILES string of the molecule is C=C(OC(=NC)c1cc(I)ccc1C)c1cc(C(F)(F)F)cc(C(F)(F)F)c1. The molecule has 0 aliphatic carbocycles. The van der Waals surface area contributed by atoms with Gasteiger partial charge in [0.2, 0.25) is 5.90 Å². The molecule has 0 heterocycles. The Labute approximate surface area is 171 Å². The van der Waals surface area contributed by atoms with E-state index in [1.807, 2.05) is 6.07 Å². The molecule has 0 aromatic heterocycles. The Kier molecular flexibility index (Phi) is 6.47. The van der Waals surface area contributed by atoms with Crippen LogP contribution in [-0.2, 0) is 17.1 Å². The van der Waals surface area contributed by atoms with Crippen molar-refractivity contribution in [3.63, 3.8) is 0 Å². The van der Waals surface area contributed by atoms with Crippen LogP contribution in [0.25, 0.3) is 5.76 Å². The number of aliphatic imine (C=N–C) groups is 1. The quantitative estimate of drug-likeness (QED) is 0.147. The van der Waals surface area contributed by atoms with E-state index in [-0.39, 0.29) is 17.7 Å². The first kappa shape index (κ1) is 22.3. The molecular weight excluding hydrogens is 499 g/mol. The third-order valence-corrected chi connectivity index (χ3v) is 4.43. The summed E-state index contributed by atoms with van der Waals surface area (Å²) in [5.74, 6) is -0.345. The second kappa shape index (κ2) is 8.14. The Balaban J connectivity index is 2.46. The maximum atomic E-state index is 13.0. The molecule has 0 aliphatic rings. The zero-order chi connectivity index (χ0) is 21.3. The third kappa shape index (κ3) is 5.27. The number of aryl methyl sites for hydroxylation is 1. The van der Waals surface area contributed by atoms with Gasteiger partial charge in [-0.2, -0.15) is 26.3 Å². The average Bonchev–Trinajstić information content (AvgIpc) is 2.59. The Hall–Kier alpha value is -2.04. The maximum absolute atomic E-state index is 13.0. The van der Waals surface area contributed by atoms with E-state index in [1.54, 1.807) is 19.1 Å². The highest BCUT2D eigenvalue weighted by Gasteiger charge is 2.37. The molecule has 0 unspecified atom stereocenters. The molecule has 2 aromatic carbocycles. The Bertz CT molecular complexity index is 899. The van der Waals surface area contributed by atoms with Gasteiger partial charge in [-0.1, -0.05) is 12.6 Å². The zero-order valence-corrected chi connectivity index (χ0v) is 16.8. The van der Waals surface area contributed by atoms with E-state index in [2.05, 4.69) is 34.2 Å². The first-order valence-corrected chi connectivity index (χ1v) is 8.80. The van der Waals surface area contributed by atoms with Gasteiger partial charge in [0, 0.05) is 21.7 Å². The molecule has 2 aromatic rings. The maximum Gasteiger partial charge on any atom is 0.416 e. The van der Waals surface area contributed by atoms with Crippen LogP contribution in [0.4, 0.5) is 26.3 Å². The molecule has 0 fully saturated rings. The fourth-order valence-electron chi connectivity index (χ4n) is 2.34. The molecule has 0 bridgehead atoms. The molecule has 9 heteroatoms. The van der Waals surface area contributed by atoms with Gasteiger partial charge in [-0.05, 0) is 65.4 Å². The number of halogens is 7. The van der Waals surface area contributed by atoms with Crippen molar-refractivity contribution in [2.75, 3.05) is 7.05 Å². The molecule has 2 rings (SSSR count). The van der Waals surface area contributed by atoms with Crippen LogP contribution < -0.4 is 0 Å². The van der Waals surface area contributed by atoms with Crippen molar-refractivity contribution in [3.8, 4) is 0 Å². The highest BCUT2D eigenvalue weighted by atomic mass is 127. The van der Waals surface area contributed by atoms with Gasteiger partial charge < -0.3 is 4.74 Å². The van der Waals surface area contributed by atoms with Crippen LogP contribution in [0.2, 0.25) is 0 Å². The summed E-state index contributed by atoms with van der Waals surface area (Å²) in [5, 5.41) is 0. The molecule has 0 N–H and O–H groups in total. The summed E-state index contributed by atoms with van der Waals surface area (Å²) >= 11 is 2.06. The Morgan fingerprint density at radius 3 is 1.96 bits per heavy atom. The molecule has 0 spiro atoms. The average molecular weight is 513 g/mol. The molecule has 2 nitrogen and oxygen atoms in total. The lowest BCUT2D eigenvalue weighted by Crippen LogP contribution is -2.13. The van der Waals surface area contributed by atoms with Crippen LogP contribution >= 0.6 is 22.6 Å².